The number of halogens is 2. The van der Waals surface area contributed by atoms with Crippen molar-refractivity contribution in [1.82, 2.24) is 5.32 Å². The second-order valence-corrected chi connectivity index (χ2v) is 5.23. The standard InChI is InChI=1S/C17H16F2N2O6/c1-10(20-15(23)13-3-2-8-25-13)16(24)26-9-14(22)21-11-4-6-12(7-5-11)27-17(18)19/h2-8,10,17H,9H2,1H3,(H,20,23)(H,21,22). The molecule has 0 aliphatic carbocycles. The number of rotatable bonds is 8. The number of furan rings is 1. The summed E-state index contributed by atoms with van der Waals surface area (Å²) in [5, 5.41) is 4.78. The summed E-state index contributed by atoms with van der Waals surface area (Å²) in [5.41, 5.74) is 0.303. The van der Waals surface area contributed by atoms with Gasteiger partial charge in [-0.25, -0.2) is 4.79 Å². The van der Waals surface area contributed by atoms with Crippen LogP contribution in [0.4, 0.5) is 14.5 Å². The quantitative estimate of drug-likeness (QED) is 0.678. The number of esters is 1. The molecule has 2 amide bonds. The zero-order valence-electron chi connectivity index (χ0n) is 14.1. The maximum absolute atomic E-state index is 12.1. The highest BCUT2D eigenvalue weighted by atomic mass is 19.3. The molecular formula is C17H16F2N2O6. The van der Waals surface area contributed by atoms with E-state index in [0.717, 1.165) is 0 Å². The number of ether oxygens (including phenoxy) is 2. The number of carbonyl (C=O) groups is 3. The molecular weight excluding hydrogens is 366 g/mol. The average Bonchev–Trinajstić information content (AvgIpc) is 3.15. The Balaban J connectivity index is 1.75. The Morgan fingerprint density at radius 2 is 1.85 bits per heavy atom. The van der Waals surface area contributed by atoms with Gasteiger partial charge >= 0.3 is 12.6 Å². The van der Waals surface area contributed by atoms with Crippen molar-refractivity contribution in [2.75, 3.05) is 11.9 Å². The van der Waals surface area contributed by atoms with Gasteiger partial charge in [-0.05, 0) is 43.3 Å². The third kappa shape index (κ3) is 6.42. The Labute approximate surface area is 152 Å². The molecule has 8 nitrogen and oxygen atoms in total. The first-order valence-electron chi connectivity index (χ1n) is 7.71. The van der Waals surface area contributed by atoms with Gasteiger partial charge in [0.2, 0.25) is 0 Å². The number of nitrogens with one attached hydrogen (secondary N) is 2. The first kappa shape index (κ1) is 19.9. The van der Waals surface area contributed by atoms with Crippen molar-refractivity contribution in [3.8, 4) is 5.75 Å². The third-order valence-electron chi connectivity index (χ3n) is 3.15. The zero-order valence-corrected chi connectivity index (χ0v) is 14.1. The lowest BCUT2D eigenvalue weighted by atomic mass is 10.3. The molecule has 2 aromatic rings. The van der Waals surface area contributed by atoms with E-state index in [2.05, 4.69) is 15.4 Å². The molecule has 144 valence electrons. The summed E-state index contributed by atoms with van der Waals surface area (Å²) in [4.78, 5) is 35.3. The predicted octanol–water partition coefficient (Wildman–Crippen LogP) is 2.18. The summed E-state index contributed by atoms with van der Waals surface area (Å²) in [6.45, 7) is -2.14. The molecule has 0 bridgehead atoms. The van der Waals surface area contributed by atoms with Crippen molar-refractivity contribution in [2.45, 2.75) is 19.6 Å². The van der Waals surface area contributed by atoms with Crippen LogP contribution in [0.25, 0.3) is 0 Å². The van der Waals surface area contributed by atoms with Crippen molar-refractivity contribution in [1.29, 1.82) is 0 Å². The number of benzene rings is 1. The fourth-order valence-electron chi connectivity index (χ4n) is 1.91. The number of alkyl halides is 2. The minimum atomic E-state index is -2.94. The van der Waals surface area contributed by atoms with Crippen LogP contribution in [-0.2, 0) is 14.3 Å². The predicted molar refractivity (Wildman–Crippen MR) is 88.3 cm³/mol. The highest BCUT2D eigenvalue weighted by Gasteiger charge is 2.20. The van der Waals surface area contributed by atoms with Gasteiger partial charge in [-0.15, -0.1) is 0 Å². The molecule has 27 heavy (non-hydrogen) atoms. The fraction of sp³-hybridized carbons (Fsp3) is 0.235. The number of anilines is 1. The van der Waals surface area contributed by atoms with Crippen LogP contribution >= 0.6 is 0 Å². The summed E-state index contributed by atoms with van der Waals surface area (Å²) < 4.78 is 38.0. The number of hydrogen-bond donors (Lipinski definition) is 2. The van der Waals surface area contributed by atoms with E-state index >= 15 is 0 Å². The maximum Gasteiger partial charge on any atom is 0.387 e. The molecule has 2 N–H and O–H groups in total. The van der Waals surface area contributed by atoms with Gasteiger partial charge in [-0.3, -0.25) is 9.59 Å². The second kappa shape index (κ2) is 9.32. The summed E-state index contributed by atoms with van der Waals surface area (Å²) in [5.74, 6) is -2.08. The van der Waals surface area contributed by atoms with Gasteiger partial charge in [-0.1, -0.05) is 0 Å². The SMILES string of the molecule is CC(NC(=O)c1ccco1)C(=O)OCC(=O)Nc1ccc(OC(F)F)cc1. The lowest BCUT2D eigenvalue weighted by molar-refractivity contribution is -0.148. The minimum Gasteiger partial charge on any atom is -0.459 e. The van der Waals surface area contributed by atoms with Crippen LogP contribution in [0.1, 0.15) is 17.5 Å². The number of hydrogen-bond acceptors (Lipinski definition) is 6. The van der Waals surface area contributed by atoms with Gasteiger partial charge in [-0.2, -0.15) is 8.78 Å². The summed E-state index contributed by atoms with van der Waals surface area (Å²) in [6.07, 6.45) is 1.31. The van der Waals surface area contributed by atoms with Crippen molar-refractivity contribution >= 4 is 23.5 Å². The van der Waals surface area contributed by atoms with E-state index in [0.29, 0.717) is 5.69 Å². The lowest BCUT2D eigenvalue weighted by Gasteiger charge is -2.12. The first-order valence-corrected chi connectivity index (χ1v) is 7.71. The van der Waals surface area contributed by atoms with Crippen molar-refractivity contribution in [3.05, 3.63) is 48.4 Å². The van der Waals surface area contributed by atoms with Crippen molar-refractivity contribution < 1.29 is 37.1 Å². The van der Waals surface area contributed by atoms with E-state index in [1.165, 1.54) is 49.6 Å². The molecule has 1 aromatic carbocycles. The molecule has 1 aromatic heterocycles. The molecule has 0 fully saturated rings. The fourth-order valence-corrected chi connectivity index (χ4v) is 1.91. The molecule has 10 heteroatoms. The highest BCUT2D eigenvalue weighted by Crippen LogP contribution is 2.17. The third-order valence-corrected chi connectivity index (χ3v) is 3.15. The molecule has 0 aliphatic rings. The van der Waals surface area contributed by atoms with Gasteiger partial charge in [0.05, 0.1) is 6.26 Å². The average molecular weight is 382 g/mol. The summed E-state index contributed by atoms with van der Waals surface area (Å²) in [6, 6.07) is 7.15. The largest absolute Gasteiger partial charge is 0.459 e. The Morgan fingerprint density at radius 1 is 1.15 bits per heavy atom. The van der Waals surface area contributed by atoms with Crippen molar-refractivity contribution in [2.24, 2.45) is 0 Å². The first-order chi connectivity index (χ1) is 12.8. The molecule has 1 heterocycles. The highest BCUT2D eigenvalue weighted by molar-refractivity contribution is 5.95. The van der Waals surface area contributed by atoms with Gasteiger partial charge < -0.3 is 24.5 Å². The Kier molecular flexibility index (Phi) is 6.86. The molecule has 1 atom stereocenters. The monoisotopic (exact) mass is 382 g/mol. The Bertz CT molecular complexity index is 777. The van der Waals surface area contributed by atoms with E-state index in [-0.39, 0.29) is 11.5 Å². The van der Waals surface area contributed by atoms with Crippen LogP contribution in [-0.4, -0.2) is 37.0 Å². The number of amides is 2. The maximum atomic E-state index is 12.1. The van der Waals surface area contributed by atoms with Crippen LogP contribution in [0, 0.1) is 0 Å². The Morgan fingerprint density at radius 3 is 2.44 bits per heavy atom. The second-order valence-electron chi connectivity index (χ2n) is 5.23. The van der Waals surface area contributed by atoms with Crippen molar-refractivity contribution in [3.63, 3.8) is 0 Å². The van der Waals surface area contributed by atoms with Gasteiger partial charge in [0.25, 0.3) is 11.8 Å². The molecule has 1 unspecified atom stereocenters. The van der Waals surface area contributed by atoms with Crippen LogP contribution in [0.3, 0.4) is 0 Å². The van der Waals surface area contributed by atoms with E-state index < -0.39 is 37.0 Å². The Hall–Kier alpha value is -3.43. The molecule has 0 aliphatic heterocycles. The normalized spacial score (nSPS) is 11.6. The van der Waals surface area contributed by atoms with E-state index in [9.17, 15) is 23.2 Å². The van der Waals surface area contributed by atoms with E-state index in [1.807, 2.05) is 0 Å². The molecule has 0 spiro atoms. The van der Waals surface area contributed by atoms with Crippen LogP contribution < -0.4 is 15.4 Å². The summed E-state index contributed by atoms with van der Waals surface area (Å²) >= 11 is 0. The van der Waals surface area contributed by atoms with Gasteiger partial charge in [0, 0.05) is 5.69 Å². The molecule has 0 saturated heterocycles. The lowest BCUT2D eigenvalue weighted by Crippen LogP contribution is -2.40. The minimum absolute atomic E-state index is 0.0339. The number of carbonyl (C=O) groups excluding carboxylic acids is 3. The van der Waals surface area contributed by atoms with Crippen LogP contribution in [0.15, 0.2) is 47.1 Å². The zero-order chi connectivity index (χ0) is 19.8. The van der Waals surface area contributed by atoms with Crippen LogP contribution in [0.5, 0.6) is 5.75 Å². The topological polar surface area (TPSA) is 107 Å². The van der Waals surface area contributed by atoms with Gasteiger partial charge in [0.15, 0.2) is 12.4 Å². The molecule has 0 radical (unpaired) electrons. The summed E-state index contributed by atoms with van der Waals surface area (Å²) in [7, 11) is 0. The molecule has 2 rings (SSSR count). The van der Waals surface area contributed by atoms with E-state index in [1.54, 1.807) is 0 Å². The smallest absolute Gasteiger partial charge is 0.387 e. The van der Waals surface area contributed by atoms with E-state index in [4.69, 9.17) is 9.15 Å². The van der Waals surface area contributed by atoms with Gasteiger partial charge in [0.1, 0.15) is 11.8 Å². The molecule has 0 saturated carbocycles. The van der Waals surface area contributed by atoms with Crippen LogP contribution in [0.2, 0.25) is 0 Å².